The fourth-order valence-corrected chi connectivity index (χ4v) is 4.26. The molecule has 0 saturated heterocycles. The lowest BCUT2D eigenvalue weighted by atomic mass is 9.75. The number of alkyl halides is 1. The molecule has 1 aromatic carbocycles. The predicted octanol–water partition coefficient (Wildman–Crippen LogP) is 4.20. The van der Waals surface area contributed by atoms with Crippen LogP contribution in [0.25, 0.3) is 10.8 Å². The van der Waals surface area contributed by atoms with Crippen LogP contribution in [0.5, 0.6) is 0 Å². The lowest BCUT2D eigenvalue weighted by Gasteiger charge is -2.37. The van der Waals surface area contributed by atoms with Crippen molar-refractivity contribution in [3.8, 4) is 0 Å². The fraction of sp³-hybridized carbons (Fsp3) is 0.545. The van der Waals surface area contributed by atoms with E-state index in [4.69, 9.17) is 11.6 Å². The zero-order chi connectivity index (χ0) is 21.4. The van der Waals surface area contributed by atoms with E-state index in [-0.39, 0.29) is 60.3 Å². The highest BCUT2D eigenvalue weighted by molar-refractivity contribution is 6.35. The lowest BCUT2D eigenvalue weighted by molar-refractivity contribution is -0.0453. The van der Waals surface area contributed by atoms with Crippen molar-refractivity contribution < 1.29 is 19.4 Å². The van der Waals surface area contributed by atoms with E-state index in [9.17, 15) is 24.2 Å². The van der Waals surface area contributed by atoms with E-state index >= 15 is 0 Å². The van der Waals surface area contributed by atoms with Crippen LogP contribution >= 0.6 is 11.6 Å². The maximum absolute atomic E-state index is 14.0. The molecule has 1 heterocycles. The molecule has 2 N–H and O–H groups in total. The van der Waals surface area contributed by atoms with Gasteiger partial charge in [-0.25, -0.2) is 4.39 Å². The first-order valence-corrected chi connectivity index (χ1v) is 10.3. The van der Waals surface area contributed by atoms with Gasteiger partial charge >= 0.3 is 0 Å². The number of benzene rings is 1. The fourth-order valence-electron chi connectivity index (χ4n) is 3.99. The monoisotopic (exact) mass is 423 g/mol. The van der Waals surface area contributed by atoms with Crippen molar-refractivity contribution in [1.82, 2.24) is 4.57 Å². The molecule has 3 rings (SSSR count). The van der Waals surface area contributed by atoms with Crippen molar-refractivity contribution in [3.05, 3.63) is 45.3 Å². The van der Waals surface area contributed by atoms with Gasteiger partial charge in [-0.1, -0.05) is 11.6 Å². The quantitative estimate of drug-likeness (QED) is 0.682. The first kappa shape index (κ1) is 21.9. The second-order valence-corrected chi connectivity index (χ2v) is 8.91. The summed E-state index contributed by atoms with van der Waals surface area (Å²) in [4.78, 5) is 25.7. The number of Topliss-reactive ketones (excluding diaryl/α,β-unsaturated/α-hetero) is 1. The van der Waals surface area contributed by atoms with Crippen molar-refractivity contribution in [3.63, 3.8) is 0 Å². The van der Waals surface area contributed by atoms with Crippen molar-refractivity contribution in [2.75, 3.05) is 6.61 Å². The van der Waals surface area contributed by atoms with E-state index in [1.54, 1.807) is 25.3 Å². The molecule has 1 atom stereocenters. The third kappa shape index (κ3) is 4.55. The van der Waals surface area contributed by atoms with Gasteiger partial charge in [-0.05, 0) is 64.2 Å². The molecule has 1 aromatic heterocycles. The van der Waals surface area contributed by atoms with Crippen LogP contribution in [-0.2, 0) is 0 Å². The number of carbonyl (C=O) groups is 1. The van der Waals surface area contributed by atoms with Gasteiger partial charge in [-0.2, -0.15) is 0 Å². The third-order valence-electron chi connectivity index (χ3n) is 6.12. The number of hydrogen-bond acceptors (Lipinski definition) is 4. The highest BCUT2D eigenvalue weighted by Gasteiger charge is 2.39. The predicted molar refractivity (Wildman–Crippen MR) is 112 cm³/mol. The molecule has 0 radical (unpaired) electrons. The van der Waals surface area contributed by atoms with Crippen LogP contribution in [0, 0.1) is 0 Å². The average Bonchev–Trinajstić information content (AvgIpc) is 2.68. The number of hydrogen-bond donors (Lipinski definition) is 2. The zero-order valence-electron chi connectivity index (χ0n) is 16.8. The van der Waals surface area contributed by atoms with E-state index in [0.29, 0.717) is 23.6 Å². The number of aliphatic hydroxyl groups excluding tert-OH is 1. The minimum absolute atomic E-state index is 0.0639. The summed E-state index contributed by atoms with van der Waals surface area (Å²) in [6.45, 7) is 3.09. The normalized spacial score (nSPS) is 25.9. The Morgan fingerprint density at radius 3 is 2.52 bits per heavy atom. The number of pyridine rings is 1. The van der Waals surface area contributed by atoms with E-state index in [2.05, 4.69) is 0 Å². The molecule has 7 heteroatoms. The lowest BCUT2D eigenvalue weighted by Crippen LogP contribution is -2.39. The molecule has 1 fully saturated rings. The van der Waals surface area contributed by atoms with Gasteiger partial charge in [0, 0.05) is 29.0 Å². The maximum atomic E-state index is 14.0. The summed E-state index contributed by atoms with van der Waals surface area (Å²) in [5.41, 5.74) is -2.36. The second kappa shape index (κ2) is 8.17. The Balaban J connectivity index is 1.87. The number of halogens is 2. The van der Waals surface area contributed by atoms with Gasteiger partial charge in [0.25, 0.3) is 5.56 Å². The molecule has 1 aliphatic carbocycles. The Hall–Kier alpha value is -1.76. The first-order valence-electron chi connectivity index (χ1n) is 9.96. The molecule has 1 saturated carbocycles. The van der Waals surface area contributed by atoms with Gasteiger partial charge in [0.15, 0.2) is 5.78 Å². The van der Waals surface area contributed by atoms with E-state index in [1.807, 2.05) is 0 Å². The summed E-state index contributed by atoms with van der Waals surface area (Å²) in [5, 5.41) is 21.1. The Morgan fingerprint density at radius 1 is 1.24 bits per heavy atom. The molecular formula is C22H27ClFNO4. The van der Waals surface area contributed by atoms with E-state index < -0.39 is 11.3 Å². The van der Waals surface area contributed by atoms with Crippen LogP contribution < -0.4 is 5.56 Å². The van der Waals surface area contributed by atoms with Gasteiger partial charge in [0.2, 0.25) is 0 Å². The molecule has 29 heavy (non-hydrogen) atoms. The first-order chi connectivity index (χ1) is 13.6. The summed E-state index contributed by atoms with van der Waals surface area (Å²) in [7, 11) is 0. The van der Waals surface area contributed by atoms with Crippen molar-refractivity contribution in [1.29, 1.82) is 0 Å². The third-order valence-corrected chi connectivity index (χ3v) is 6.43. The molecule has 0 aliphatic heterocycles. The molecule has 158 valence electrons. The topological polar surface area (TPSA) is 79.5 Å². The Kier molecular flexibility index (Phi) is 6.18. The van der Waals surface area contributed by atoms with Crippen LogP contribution in [0.1, 0.15) is 68.8 Å². The van der Waals surface area contributed by atoms with Crippen molar-refractivity contribution in [2.24, 2.45) is 0 Å². The molecule has 0 unspecified atom stereocenters. The molecule has 2 aromatic rings. The summed E-state index contributed by atoms with van der Waals surface area (Å²) >= 11 is 6.29. The Labute approximate surface area is 174 Å². The van der Waals surface area contributed by atoms with Crippen LogP contribution in [0.2, 0.25) is 5.02 Å². The Bertz CT molecular complexity index is 975. The standard InChI is InChI=1S/C22H27ClFNO4/c1-14(13-26)25-12-6-15-16(20(25)28)3-4-17(23)19(15)18(27)5-7-22(29)10-8-21(2,24)9-11-22/h3-4,6,12,14,26,29H,5,7-11,13H2,1-2H3/t14-,21?,22?/m1/s1. The SMILES string of the molecule is C[C@H](CO)n1ccc2c(C(=O)CCC3(O)CCC(C)(F)CC3)c(Cl)ccc2c1=O. The second-order valence-electron chi connectivity index (χ2n) is 8.50. The van der Waals surface area contributed by atoms with Crippen LogP contribution in [0.15, 0.2) is 29.2 Å². The molecule has 1 aliphatic rings. The summed E-state index contributed by atoms with van der Waals surface area (Å²) in [5.74, 6) is -0.255. The molecule has 0 spiro atoms. The van der Waals surface area contributed by atoms with Gasteiger partial charge in [0.05, 0.1) is 23.3 Å². The number of ketones is 1. The summed E-state index contributed by atoms with van der Waals surface area (Å²) < 4.78 is 15.4. The van der Waals surface area contributed by atoms with E-state index in [0.717, 1.165) is 0 Å². The minimum atomic E-state index is -1.26. The molecular weight excluding hydrogens is 397 g/mol. The molecule has 0 bridgehead atoms. The largest absolute Gasteiger partial charge is 0.394 e. The number of carbonyl (C=O) groups excluding carboxylic acids is 1. The highest BCUT2D eigenvalue weighted by Crippen LogP contribution is 2.40. The van der Waals surface area contributed by atoms with Gasteiger partial charge in [0.1, 0.15) is 5.67 Å². The van der Waals surface area contributed by atoms with Gasteiger partial charge in [-0.3, -0.25) is 9.59 Å². The van der Waals surface area contributed by atoms with Crippen molar-refractivity contribution >= 4 is 28.2 Å². The smallest absolute Gasteiger partial charge is 0.258 e. The minimum Gasteiger partial charge on any atom is -0.394 e. The van der Waals surface area contributed by atoms with Crippen molar-refractivity contribution in [2.45, 2.75) is 69.7 Å². The number of aromatic nitrogens is 1. The van der Waals surface area contributed by atoms with Gasteiger partial charge in [-0.15, -0.1) is 0 Å². The van der Waals surface area contributed by atoms with Gasteiger partial charge < -0.3 is 14.8 Å². The molecule has 0 amide bonds. The zero-order valence-corrected chi connectivity index (χ0v) is 17.5. The Morgan fingerprint density at radius 2 is 1.90 bits per heavy atom. The summed E-state index contributed by atoms with van der Waals surface area (Å²) in [6, 6.07) is 4.37. The number of nitrogens with zero attached hydrogens (tertiary/aromatic N) is 1. The number of rotatable bonds is 6. The van der Waals surface area contributed by atoms with Crippen LogP contribution in [0.4, 0.5) is 4.39 Å². The van der Waals surface area contributed by atoms with Crippen LogP contribution in [-0.4, -0.2) is 38.4 Å². The summed E-state index contributed by atoms with van der Waals surface area (Å²) in [6.07, 6.45) is 3.03. The number of aliphatic hydroxyl groups is 2. The maximum Gasteiger partial charge on any atom is 0.258 e. The highest BCUT2D eigenvalue weighted by atomic mass is 35.5. The van der Waals surface area contributed by atoms with Crippen LogP contribution in [0.3, 0.4) is 0 Å². The molecule has 5 nitrogen and oxygen atoms in total. The average molecular weight is 424 g/mol. The number of fused-ring (bicyclic) bond motifs is 1. The van der Waals surface area contributed by atoms with E-state index in [1.165, 1.54) is 17.6 Å².